The number of aryl methyl sites for hydroxylation is 1. The number of carboxylic acid groups (broad SMARTS) is 1. The zero-order chi connectivity index (χ0) is 24.8. The van der Waals surface area contributed by atoms with Crippen molar-refractivity contribution in [3.05, 3.63) is 83.9 Å². The lowest BCUT2D eigenvalue weighted by Gasteiger charge is -2.27. The van der Waals surface area contributed by atoms with Crippen molar-refractivity contribution in [3.63, 3.8) is 0 Å². The molecule has 0 aliphatic heterocycles. The number of anilines is 2. The molecule has 6 nitrogen and oxygen atoms in total. The molecule has 0 saturated heterocycles. The average Bonchev–Trinajstić information content (AvgIpc) is 2.89. The first-order valence-electron chi connectivity index (χ1n) is 12.1. The minimum Gasteiger partial charge on any atom is -0.481 e. The first kappa shape index (κ1) is 24.2. The Labute approximate surface area is 205 Å². The number of carbonyl (C=O) groups excluding carboxylic acids is 2. The Bertz CT molecular complexity index is 1180. The number of carbonyl (C=O) groups is 3. The van der Waals surface area contributed by atoms with E-state index in [1.807, 2.05) is 60.7 Å². The second-order valence-electron chi connectivity index (χ2n) is 8.98. The van der Waals surface area contributed by atoms with Crippen LogP contribution in [-0.2, 0) is 11.2 Å². The van der Waals surface area contributed by atoms with Crippen LogP contribution in [0.15, 0.2) is 72.8 Å². The lowest BCUT2D eigenvalue weighted by Crippen LogP contribution is -2.32. The van der Waals surface area contributed by atoms with Crippen LogP contribution < -0.4 is 10.6 Å². The number of hydrogen-bond acceptors (Lipinski definition) is 3. The maximum absolute atomic E-state index is 13.0. The highest BCUT2D eigenvalue weighted by Gasteiger charge is 2.35. The highest BCUT2D eigenvalue weighted by molar-refractivity contribution is 6.01. The van der Waals surface area contributed by atoms with Gasteiger partial charge in [0, 0.05) is 22.9 Å². The van der Waals surface area contributed by atoms with Crippen molar-refractivity contribution in [3.8, 4) is 11.1 Å². The summed E-state index contributed by atoms with van der Waals surface area (Å²) in [6.07, 6.45) is 3.89. The van der Waals surface area contributed by atoms with Gasteiger partial charge in [-0.25, -0.2) is 4.79 Å². The van der Waals surface area contributed by atoms with Gasteiger partial charge in [0.15, 0.2) is 5.78 Å². The van der Waals surface area contributed by atoms with E-state index >= 15 is 0 Å². The Morgan fingerprint density at radius 1 is 0.743 bits per heavy atom. The standard InChI is InChI=1S/C29H30N2O4/c1-2-19-7-15-23(16-8-19)30-29(35)31-24-17-13-21(14-18-24)20-9-11-22(12-10-20)27(32)25-5-3-4-6-26(25)28(33)34/h7-18,25-26H,2-6H2,1H3,(H,33,34)(H2,30,31,35)/t25-,26-/m1/s1. The van der Waals surface area contributed by atoms with Gasteiger partial charge in [-0.2, -0.15) is 0 Å². The maximum Gasteiger partial charge on any atom is 0.323 e. The monoisotopic (exact) mass is 470 g/mol. The number of carboxylic acids is 1. The highest BCUT2D eigenvalue weighted by atomic mass is 16.4. The van der Waals surface area contributed by atoms with Gasteiger partial charge in [-0.05, 0) is 60.2 Å². The third kappa shape index (κ3) is 5.96. The summed E-state index contributed by atoms with van der Waals surface area (Å²) in [7, 11) is 0. The Kier molecular flexibility index (Phi) is 7.60. The average molecular weight is 471 g/mol. The molecular formula is C29H30N2O4. The normalized spacial score (nSPS) is 17.4. The van der Waals surface area contributed by atoms with Crippen molar-refractivity contribution in [1.82, 2.24) is 0 Å². The van der Waals surface area contributed by atoms with Gasteiger partial charge in [-0.3, -0.25) is 9.59 Å². The van der Waals surface area contributed by atoms with E-state index in [0.29, 0.717) is 24.1 Å². The van der Waals surface area contributed by atoms with E-state index in [9.17, 15) is 19.5 Å². The van der Waals surface area contributed by atoms with Crippen LogP contribution in [0, 0.1) is 11.8 Å². The number of nitrogens with one attached hydrogen (secondary N) is 2. The van der Waals surface area contributed by atoms with Gasteiger partial charge in [0.05, 0.1) is 5.92 Å². The summed E-state index contributed by atoms with van der Waals surface area (Å²) in [5, 5.41) is 15.1. The molecule has 2 amide bonds. The Morgan fingerprint density at radius 3 is 1.74 bits per heavy atom. The summed E-state index contributed by atoms with van der Waals surface area (Å²) in [6, 6.07) is 22.2. The van der Waals surface area contributed by atoms with E-state index in [0.717, 1.165) is 36.1 Å². The fourth-order valence-corrected chi connectivity index (χ4v) is 4.64. The second kappa shape index (κ2) is 11.0. The summed E-state index contributed by atoms with van der Waals surface area (Å²) in [4.78, 5) is 36.8. The summed E-state index contributed by atoms with van der Waals surface area (Å²) >= 11 is 0. The molecule has 3 aromatic rings. The summed E-state index contributed by atoms with van der Waals surface area (Å²) < 4.78 is 0. The molecule has 0 spiro atoms. The van der Waals surface area contributed by atoms with E-state index in [4.69, 9.17) is 0 Å². The lowest BCUT2D eigenvalue weighted by atomic mass is 9.75. The number of amides is 2. The number of rotatable bonds is 7. The molecule has 1 aliphatic rings. The molecule has 0 aromatic heterocycles. The van der Waals surface area contributed by atoms with Crippen LogP contribution in [0.4, 0.5) is 16.2 Å². The van der Waals surface area contributed by atoms with Gasteiger partial charge in [0.2, 0.25) is 0 Å². The smallest absolute Gasteiger partial charge is 0.323 e. The molecule has 1 aliphatic carbocycles. The van der Waals surface area contributed by atoms with E-state index in [1.165, 1.54) is 5.56 Å². The summed E-state index contributed by atoms with van der Waals surface area (Å²) in [5.41, 5.74) is 5.04. The highest BCUT2D eigenvalue weighted by Crippen LogP contribution is 2.33. The van der Waals surface area contributed by atoms with Crippen LogP contribution in [0.5, 0.6) is 0 Å². The van der Waals surface area contributed by atoms with Crippen LogP contribution in [0.1, 0.15) is 48.5 Å². The molecule has 4 rings (SSSR count). The molecule has 6 heteroatoms. The third-order valence-corrected chi connectivity index (χ3v) is 6.69. The fraction of sp³-hybridized carbons (Fsp3) is 0.276. The molecule has 0 heterocycles. The van der Waals surface area contributed by atoms with Crippen molar-refractivity contribution >= 4 is 29.2 Å². The molecule has 180 valence electrons. The van der Waals surface area contributed by atoms with E-state index in [2.05, 4.69) is 17.6 Å². The van der Waals surface area contributed by atoms with E-state index in [-0.39, 0.29) is 11.8 Å². The van der Waals surface area contributed by atoms with Crippen molar-refractivity contribution in [2.24, 2.45) is 11.8 Å². The molecule has 0 bridgehead atoms. The van der Waals surface area contributed by atoms with Gasteiger partial charge in [0.25, 0.3) is 0 Å². The molecule has 0 unspecified atom stereocenters. The topological polar surface area (TPSA) is 95.5 Å². The van der Waals surface area contributed by atoms with Crippen LogP contribution >= 0.6 is 0 Å². The number of urea groups is 1. The quantitative estimate of drug-likeness (QED) is 0.338. The van der Waals surface area contributed by atoms with Crippen molar-refractivity contribution < 1.29 is 19.5 Å². The number of Topliss-reactive ketones (excluding diaryl/α,β-unsaturated/α-hetero) is 1. The van der Waals surface area contributed by atoms with Crippen molar-refractivity contribution in [2.45, 2.75) is 39.0 Å². The van der Waals surface area contributed by atoms with Gasteiger partial charge in [0.1, 0.15) is 0 Å². The summed E-state index contributed by atoms with van der Waals surface area (Å²) in [5.74, 6) is -2.01. The first-order chi connectivity index (χ1) is 16.9. The van der Waals surface area contributed by atoms with E-state index < -0.39 is 17.8 Å². The molecule has 1 fully saturated rings. The lowest BCUT2D eigenvalue weighted by molar-refractivity contribution is -0.144. The fourth-order valence-electron chi connectivity index (χ4n) is 4.64. The minimum atomic E-state index is -0.878. The largest absolute Gasteiger partial charge is 0.481 e. The third-order valence-electron chi connectivity index (χ3n) is 6.69. The molecule has 1 saturated carbocycles. The van der Waals surface area contributed by atoms with Gasteiger partial charge in [-0.1, -0.05) is 68.3 Å². The van der Waals surface area contributed by atoms with Crippen LogP contribution in [0.2, 0.25) is 0 Å². The minimum absolute atomic E-state index is 0.0847. The number of benzene rings is 3. The SMILES string of the molecule is CCc1ccc(NC(=O)Nc2ccc(-c3ccc(C(=O)[C@@H]4CCCC[C@H]4C(=O)O)cc3)cc2)cc1. The molecule has 3 N–H and O–H groups in total. The van der Waals surface area contributed by atoms with Gasteiger partial charge < -0.3 is 15.7 Å². The molecule has 35 heavy (non-hydrogen) atoms. The summed E-state index contributed by atoms with van der Waals surface area (Å²) in [6.45, 7) is 2.08. The second-order valence-corrected chi connectivity index (χ2v) is 8.98. The van der Waals surface area contributed by atoms with Crippen LogP contribution in [0.3, 0.4) is 0 Å². The van der Waals surface area contributed by atoms with Crippen molar-refractivity contribution in [2.75, 3.05) is 10.6 Å². The predicted octanol–water partition coefficient (Wildman–Crippen LogP) is 6.63. The number of aliphatic carboxylic acids is 1. The van der Waals surface area contributed by atoms with Gasteiger partial charge >= 0.3 is 12.0 Å². The maximum atomic E-state index is 13.0. The first-order valence-corrected chi connectivity index (χ1v) is 12.1. The molecular weight excluding hydrogens is 440 g/mol. The predicted molar refractivity (Wildman–Crippen MR) is 138 cm³/mol. The molecule has 0 radical (unpaired) electrons. The Balaban J connectivity index is 1.37. The number of ketones is 1. The number of hydrogen-bond donors (Lipinski definition) is 3. The molecule has 2 atom stereocenters. The van der Waals surface area contributed by atoms with Gasteiger partial charge in [-0.15, -0.1) is 0 Å². The Hall–Kier alpha value is -3.93. The Morgan fingerprint density at radius 2 is 1.23 bits per heavy atom. The zero-order valence-electron chi connectivity index (χ0n) is 19.8. The van der Waals surface area contributed by atoms with Crippen LogP contribution in [-0.4, -0.2) is 22.9 Å². The van der Waals surface area contributed by atoms with Crippen molar-refractivity contribution in [1.29, 1.82) is 0 Å². The zero-order valence-corrected chi connectivity index (χ0v) is 19.8. The molecule has 3 aromatic carbocycles. The van der Waals surface area contributed by atoms with E-state index in [1.54, 1.807) is 12.1 Å². The van der Waals surface area contributed by atoms with Crippen LogP contribution in [0.25, 0.3) is 11.1 Å².